The number of carbonyl (C=O) groups is 6. The predicted molar refractivity (Wildman–Crippen MR) is 176 cm³/mol. The zero-order chi connectivity index (χ0) is 36.7. The maximum atomic E-state index is 13.1. The van der Waals surface area contributed by atoms with E-state index >= 15 is 0 Å². The van der Waals surface area contributed by atoms with Gasteiger partial charge < -0.3 is 19.7 Å². The molecular formula is C33H25N3O12S2. The minimum absolute atomic E-state index is 0.0393. The number of aryl methyl sites for hydroxylation is 1. The maximum Gasteiger partial charge on any atom is 0.335 e. The number of hydrogen-bond acceptors (Lipinski definition) is 13. The lowest BCUT2D eigenvalue weighted by Gasteiger charge is -2.28. The highest BCUT2D eigenvalue weighted by Crippen LogP contribution is 2.39. The Morgan fingerprint density at radius 2 is 1.48 bits per heavy atom. The lowest BCUT2D eigenvalue weighted by Crippen LogP contribution is -2.37. The van der Waals surface area contributed by atoms with Crippen molar-refractivity contribution in [3.63, 3.8) is 0 Å². The first kappa shape index (κ1) is 35.1. The molecule has 0 radical (unpaired) electrons. The molecule has 3 aromatic carbocycles. The Morgan fingerprint density at radius 3 is 2.10 bits per heavy atom. The van der Waals surface area contributed by atoms with Crippen molar-refractivity contribution >= 4 is 67.6 Å². The zero-order valence-electron chi connectivity index (χ0n) is 26.5. The fourth-order valence-electron chi connectivity index (χ4n) is 5.10. The summed E-state index contributed by atoms with van der Waals surface area (Å²) in [4.78, 5) is 77.3. The van der Waals surface area contributed by atoms with Crippen LogP contribution >= 0.6 is 11.3 Å². The van der Waals surface area contributed by atoms with Gasteiger partial charge in [-0.1, -0.05) is 24.3 Å². The number of ketones is 2. The van der Waals surface area contributed by atoms with Crippen molar-refractivity contribution in [3.8, 4) is 11.5 Å². The Labute approximate surface area is 287 Å². The van der Waals surface area contributed by atoms with E-state index in [-0.39, 0.29) is 61.2 Å². The first-order valence-electron chi connectivity index (χ1n) is 14.3. The fourth-order valence-corrected chi connectivity index (χ4v) is 7.16. The van der Waals surface area contributed by atoms with Crippen LogP contribution in [-0.4, -0.2) is 70.3 Å². The minimum atomic E-state index is -3.90. The molecule has 17 heteroatoms. The number of nitrogens with one attached hydrogen (secondary N) is 1. The van der Waals surface area contributed by atoms with Gasteiger partial charge in [-0.25, -0.2) is 18.2 Å². The Balaban J connectivity index is 0.000000197. The van der Waals surface area contributed by atoms with Crippen LogP contribution in [0.2, 0.25) is 0 Å². The summed E-state index contributed by atoms with van der Waals surface area (Å²) >= 11 is 1.25. The summed E-state index contributed by atoms with van der Waals surface area (Å²) in [6, 6.07) is 12.2. The number of esters is 2. The second-order valence-electron chi connectivity index (χ2n) is 10.6. The van der Waals surface area contributed by atoms with Gasteiger partial charge in [-0.2, -0.15) is 0 Å². The van der Waals surface area contributed by atoms with E-state index in [0.717, 1.165) is 35.2 Å². The third-order valence-electron chi connectivity index (χ3n) is 7.20. The standard InChI is InChI=1S/C19H12O8.C14H13N3O4S2/c1-8(20)26-13-5-3-4-11-15(13)18(23)16-12(17(11)22)6-10(19(24)25)7-14(16)27-9(2)21;1-8-7-15-14(22-8)16-13(19)11-12(18)9-5-3-4-6-10(9)23(20,21)17(11)2/h3-7H,1-2H3,(H,24,25);3-7,18H,1-2H3,(H,15,16,19). The number of amides is 1. The monoisotopic (exact) mass is 719 g/mol. The van der Waals surface area contributed by atoms with E-state index in [0.29, 0.717) is 5.13 Å². The molecule has 50 heavy (non-hydrogen) atoms. The molecule has 2 heterocycles. The van der Waals surface area contributed by atoms with Crippen LogP contribution in [0.3, 0.4) is 0 Å². The van der Waals surface area contributed by atoms with Crippen LogP contribution in [0.25, 0.3) is 5.76 Å². The quantitative estimate of drug-likeness (QED) is 0.173. The zero-order valence-corrected chi connectivity index (χ0v) is 28.1. The molecule has 0 saturated heterocycles. The van der Waals surface area contributed by atoms with Crippen molar-refractivity contribution in [1.82, 2.24) is 9.29 Å². The number of hydrogen-bond donors (Lipinski definition) is 3. The van der Waals surface area contributed by atoms with Gasteiger partial charge in [0.1, 0.15) is 11.5 Å². The van der Waals surface area contributed by atoms with Crippen LogP contribution < -0.4 is 14.8 Å². The summed E-state index contributed by atoms with van der Waals surface area (Å²) in [6.45, 7) is 4.05. The van der Waals surface area contributed by atoms with E-state index < -0.39 is 45.4 Å². The largest absolute Gasteiger partial charge is 0.505 e. The SMILES string of the molecule is CC(=O)Oc1cccc2c1C(=O)c1c(OC(C)=O)cc(C(=O)O)cc1C2=O.Cc1cnc(NC(=O)C2=C(O)c3ccccc3S(=O)(=O)N2C)s1. The number of aliphatic hydroxyl groups excluding tert-OH is 1. The van der Waals surface area contributed by atoms with Gasteiger partial charge in [-0.05, 0) is 37.3 Å². The first-order valence-corrected chi connectivity index (χ1v) is 16.5. The molecule has 256 valence electrons. The summed E-state index contributed by atoms with van der Waals surface area (Å²) in [7, 11) is -2.67. The van der Waals surface area contributed by atoms with Crippen LogP contribution in [0, 0.1) is 6.92 Å². The summed E-state index contributed by atoms with van der Waals surface area (Å²) in [5.41, 5.74) is -1.20. The van der Waals surface area contributed by atoms with Crippen LogP contribution in [0.1, 0.15) is 66.5 Å². The predicted octanol–water partition coefficient (Wildman–Crippen LogP) is 3.96. The highest BCUT2D eigenvalue weighted by molar-refractivity contribution is 7.89. The molecule has 0 fully saturated rings. The molecule has 0 unspecified atom stereocenters. The number of ether oxygens (including phenoxy) is 2. The fraction of sp³-hybridized carbons (Fsp3) is 0.121. The number of benzene rings is 3. The van der Waals surface area contributed by atoms with E-state index in [9.17, 15) is 47.4 Å². The van der Waals surface area contributed by atoms with Gasteiger partial charge in [-0.3, -0.25) is 33.6 Å². The van der Waals surface area contributed by atoms with E-state index in [4.69, 9.17) is 9.47 Å². The molecule has 0 bridgehead atoms. The van der Waals surface area contributed by atoms with Crippen molar-refractivity contribution in [2.45, 2.75) is 25.7 Å². The number of aromatic carboxylic acids is 1. The third-order valence-corrected chi connectivity index (χ3v) is 9.85. The Hall–Kier alpha value is -6.20. The number of fused-ring (bicyclic) bond motifs is 3. The number of anilines is 1. The van der Waals surface area contributed by atoms with Gasteiger partial charge in [0.15, 0.2) is 22.4 Å². The van der Waals surface area contributed by atoms with Crippen LogP contribution in [0.5, 0.6) is 11.5 Å². The Morgan fingerprint density at radius 1 is 0.860 bits per heavy atom. The van der Waals surface area contributed by atoms with Gasteiger partial charge >= 0.3 is 17.9 Å². The van der Waals surface area contributed by atoms with Crippen LogP contribution in [-0.2, 0) is 24.4 Å². The number of aromatic nitrogens is 1. The number of rotatable bonds is 5. The van der Waals surface area contributed by atoms with E-state index in [2.05, 4.69) is 10.3 Å². The average Bonchev–Trinajstić information content (AvgIpc) is 3.46. The molecule has 0 atom stereocenters. The van der Waals surface area contributed by atoms with Crippen molar-refractivity contribution in [2.24, 2.45) is 0 Å². The number of likely N-dealkylation sites (N-methyl/N-ethyl adjacent to an activating group) is 1. The molecule has 0 spiro atoms. The first-order chi connectivity index (χ1) is 23.5. The van der Waals surface area contributed by atoms with Crippen molar-refractivity contribution in [3.05, 3.63) is 105 Å². The number of aliphatic hydroxyl groups is 1. The number of carbonyl (C=O) groups excluding carboxylic acids is 5. The minimum Gasteiger partial charge on any atom is -0.505 e. The number of carboxylic acids is 1. The van der Waals surface area contributed by atoms with Gasteiger partial charge in [0.05, 0.1) is 21.6 Å². The summed E-state index contributed by atoms with van der Waals surface area (Å²) in [5.74, 6) is -5.78. The summed E-state index contributed by atoms with van der Waals surface area (Å²) in [5, 5.41) is 22.5. The van der Waals surface area contributed by atoms with Gasteiger partial charge in [-0.15, -0.1) is 11.3 Å². The highest BCUT2D eigenvalue weighted by atomic mass is 32.2. The summed E-state index contributed by atoms with van der Waals surface area (Å²) < 4.78 is 35.8. The second-order valence-corrected chi connectivity index (χ2v) is 13.8. The molecule has 2 aliphatic rings. The Kier molecular flexibility index (Phi) is 9.39. The molecule has 1 aliphatic heterocycles. The number of carboxylic acid groups (broad SMARTS) is 1. The summed E-state index contributed by atoms with van der Waals surface area (Å²) in [6.07, 6.45) is 1.59. The van der Waals surface area contributed by atoms with Gasteiger partial charge in [0.2, 0.25) is 5.78 Å². The maximum absolute atomic E-state index is 13.1. The number of nitrogens with zero attached hydrogens (tertiary/aromatic N) is 2. The highest BCUT2D eigenvalue weighted by Gasteiger charge is 2.38. The molecule has 1 amide bonds. The van der Waals surface area contributed by atoms with Crippen molar-refractivity contribution in [1.29, 1.82) is 0 Å². The topological polar surface area (TPSA) is 224 Å². The normalized spacial score (nSPS) is 14.0. The Bertz CT molecular complexity index is 2310. The van der Waals surface area contributed by atoms with Crippen molar-refractivity contribution < 1.29 is 56.9 Å². The van der Waals surface area contributed by atoms with Gasteiger partial charge in [0.25, 0.3) is 15.9 Å². The van der Waals surface area contributed by atoms with Crippen molar-refractivity contribution in [2.75, 3.05) is 12.4 Å². The second kappa shape index (κ2) is 13.4. The van der Waals surface area contributed by atoms with E-state index in [1.54, 1.807) is 18.3 Å². The molecule has 0 saturated carbocycles. The molecule has 15 nitrogen and oxygen atoms in total. The lowest BCUT2D eigenvalue weighted by molar-refractivity contribution is -0.132. The van der Waals surface area contributed by atoms with E-state index in [1.807, 2.05) is 6.92 Å². The van der Waals surface area contributed by atoms with Crippen LogP contribution in [0.15, 0.2) is 71.4 Å². The third kappa shape index (κ3) is 6.46. The van der Waals surface area contributed by atoms with E-state index in [1.165, 1.54) is 48.7 Å². The molecule has 4 aromatic rings. The molecule has 6 rings (SSSR count). The van der Waals surface area contributed by atoms with Gasteiger partial charge in [0, 0.05) is 48.7 Å². The average molecular weight is 720 g/mol. The molecule has 1 aliphatic carbocycles. The molecular weight excluding hydrogens is 695 g/mol. The number of sulfonamides is 1. The van der Waals surface area contributed by atoms with Crippen LogP contribution in [0.4, 0.5) is 5.13 Å². The number of thiazole rings is 1. The molecule has 1 aromatic heterocycles. The lowest BCUT2D eigenvalue weighted by atomic mass is 9.82. The molecule has 3 N–H and O–H groups in total. The smallest absolute Gasteiger partial charge is 0.335 e.